The van der Waals surface area contributed by atoms with E-state index in [4.69, 9.17) is 5.73 Å². The third-order valence-electron chi connectivity index (χ3n) is 2.70. The summed E-state index contributed by atoms with van der Waals surface area (Å²) in [5, 5.41) is 3.30. The number of primary amides is 1. The lowest BCUT2D eigenvalue weighted by Crippen LogP contribution is -2.32. The van der Waals surface area contributed by atoms with Crippen molar-refractivity contribution >= 4 is 5.91 Å². The summed E-state index contributed by atoms with van der Waals surface area (Å²) in [7, 11) is 0. The van der Waals surface area contributed by atoms with Gasteiger partial charge in [-0.15, -0.1) is 0 Å². The second-order valence-electron chi connectivity index (χ2n) is 4.56. The van der Waals surface area contributed by atoms with Crippen molar-refractivity contribution in [1.29, 1.82) is 0 Å². The Morgan fingerprint density at radius 2 is 2.29 bits per heavy atom. The van der Waals surface area contributed by atoms with Gasteiger partial charge in [-0.2, -0.15) is 0 Å². The van der Waals surface area contributed by atoms with Crippen LogP contribution >= 0.6 is 0 Å². The molecular formula is C12H22N4O. The molecule has 0 radical (unpaired) electrons. The van der Waals surface area contributed by atoms with Crippen LogP contribution in [0.4, 0.5) is 0 Å². The van der Waals surface area contributed by atoms with Crippen LogP contribution in [0.15, 0.2) is 12.5 Å². The first-order valence-corrected chi connectivity index (χ1v) is 6.08. The van der Waals surface area contributed by atoms with Gasteiger partial charge in [0.05, 0.1) is 12.0 Å². The summed E-state index contributed by atoms with van der Waals surface area (Å²) in [6.07, 6.45) is 4.54. The Balaban J connectivity index is 2.81. The number of imidazole rings is 1. The van der Waals surface area contributed by atoms with Crippen molar-refractivity contribution in [3.8, 4) is 0 Å². The zero-order chi connectivity index (χ0) is 12.8. The Bertz CT molecular complexity index is 359. The molecule has 5 heteroatoms. The van der Waals surface area contributed by atoms with Gasteiger partial charge in [-0.25, -0.2) is 4.98 Å². The van der Waals surface area contributed by atoms with E-state index >= 15 is 0 Å². The highest BCUT2D eigenvalue weighted by atomic mass is 16.1. The van der Waals surface area contributed by atoms with Gasteiger partial charge in [0.2, 0.25) is 5.91 Å². The van der Waals surface area contributed by atoms with E-state index in [0.29, 0.717) is 6.54 Å². The van der Waals surface area contributed by atoms with Gasteiger partial charge in [-0.05, 0) is 18.9 Å². The summed E-state index contributed by atoms with van der Waals surface area (Å²) in [5.74, 6) is -0.152. The molecule has 1 unspecified atom stereocenters. The van der Waals surface area contributed by atoms with Crippen LogP contribution in [-0.4, -0.2) is 22.0 Å². The van der Waals surface area contributed by atoms with E-state index in [1.807, 2.05) is 18.4 Å². The van der Waals surface area contributed by atoms with Gasteiger partial charge in [0.1, 0.15) is 6.04 Å². The molecule has 1 rings (SSSR count). The van der Waals surface area contributed by atoms with E-state index in [1.54, 1.807) is 12.5 Å². The topological polar surface area (TPSA) is 72.9 Å². The molecule has 0 saturated carbocycles. The molecule has 96 valence electrons. The smallest absolute Gasteiger partial charge is 0.240 e. The molecule has 3 N–H and O–H groups in total. The number of hydrogen-bond acceptors (Lipinski definition) is 3. The van der Waals surface area contributed by atoms with Gasteiger partial charge in [0.15, 0.2) is 0 Å². The van der Waals surface area contributed by atoms with E-state index in [1.165, 1.54) is 0 Å². The minimum Gasteiger partial charge on any atom is -0.368 e. The van der Waals surface area contributed by atoms with Crippen molar-refractivity contribution in [2.45, 2.75) is 39.8 Å². The van der Waals surface area contributed by atoms with Gasteiger partial charge in [0, 0.05) is 12.7 Å². The molecule has 1 aromatic rings. The van der Waals surface area contributed by atoms with Crippen molar-refractivity contribution < 1.29 is 4.79 Å². The van der Waals surface area contributed by atoms with E-state index in [0.717, 1.165) is 18.7 Å². The van der Waals surface area contributed by atoms with E-state index < -0.39 is 0 Å². The zero-order valence-corrected chi connectivity index (χ0v) is 10.8. The standard InChI is InChI=1S/C12H22N4O/c1-4-5-14-6-10-7-15-8-16(10)11(9(2)3)12(13)17/h7-9,11,14H,4-6H2,1-3H3,(H2,13,17). The quantitative estimate of drug-likeness (QED) is 0.698. The monoisotopic (exact) mass is 238 g/mol. The predicted octanol–water partition coefficient (Wildman–Crippen LogP) is 1.07. The van der Waals surface area contributed by atoms with Crippen molar-refractivity contribution in [2.24, 2.45) is 11.7 Å². The highest BCUT2D eigenvalue weighted by Gasteiger charge is 2.23. The maximum atomic E-state index is 11.5. The maximum absolute atomic E-state index is 11.5. The number of carbonyl (C=O) groups is 1. The molecule has 0 spiro atoms. The SMILES string of the molecule is CCCNCc1cncn1C(C(N)=O)C(C)C. The normalized spacial score (nSPS) is 12.9. The third kappa shape index (κ3) is 3.56. The lowest BCUT2D eigenvalue weighted by molar-refractivity contribution is -0.122. The highest BCUT2D eigenvalue weighted by Crippen LogP contribution is 2.19. The minimum atomic E-state index is -0.323. The number of aromatic nitrogens is 2. The Labute approximate surface area is 102 Å². The number of amides is 1. The average Bonchev–Trinajstić information content (AvgIpc) is 2.66. The largest absolute Gasteiger partial charge is 0.368 e. The van der Waals surface area contributed by atoms with Crippen LogP contribution in [-0.2, 0) is 11.3 Å². The summed E-state index contributed by atoms with van der Waals surface area (Å²) >= 11 is 0. The van der Waals surface area contributed by atoms with Gasteiger partial charge >= 0.3 is 0 Å². The fraction of sp³-hybridized carbons (Fsp3) is 0.667. The first-order valence-electron chi connectivity index (χ1n) is 6.08. The van der Waals surface area contributed by atoms with E-state index in [-0.39, 0.29) is 17.9 Å². The van der Waals surface area contributed by atoms with Crippen molar-refractivity contribution in [3.63, 3.8) is 0 Å². The molecule has 0 fully saturated rings. The number of rotatable bonds is 7. The molecule has 0 saturated heterocycles. The minimum absolute atomic E-state index is 0.159. The number of nitrogens with zero attached hydrogens (tertiary/aromatic N) is 2. The summed E-state index contributed by atoms with van der Waals surface area (Å²) in [6.45, 7) is 7.75. The van der Waals surface area contributed by atoms with E-state index in [2.05, 4.69) is 17.2 Å². The van der Waals surface area contributed by atoms with Crippen LogP contribution in [0.1, 0.15) is 38.9 Å². The van der Waals surface area contributed by atoms with Crippen LogP contribution in [0.3, 0.4) is 0 Å². The number of hydrogen-bond donors (Lipinski definition) is 2. The molecule has 0 aliphatic heterocycles. The average molecular weight is 238 g/mol. The van der Waals surface area contributed by atoms with E-state index in [9.17, 15) is 4.79 Å². The van der Waals surface area contributed by atoms with Crippen LogP contribution in [0, 0.1) is 5.92 Å². The lowest BCUT2D eigenvalue weighted by atomic mass is 10.0. The first-order chi connectivity index (χ1) is 8.07. The van der Waals surface area contributed by atoms with Crippen LogP contribution < -0.4 is 11.1 Å². The lowest BCUT2D eigenvalue weighted by Gasteiger charge is -2.21. The van der Waals surface area contributed by atoms with Crippen molar-refractivity contribution in [3.05, 3.63) is 18.2 Å². The molecule has 1 amide bonds. The molecule has 0 aliphatic carbocycles. The molecule has 1 atom stereocenters. The molecule has 1 heterocycles. The van der Waals surface area contributed by atoms with Crippen molar-refractivity contribution in [2.75, 3.05) is 6.54 Å². The third-order valence-corrected chi connectivity index (χ3v) is 2.70. The molecule has 0 aromatic carbocycles. The summed E-state index contributed by atoms with van der Waals surface area (Å²) < 4.78 is 1.87. The van der Waals surface area contributed by atoms with Crippen LogP contribution in [0.2, 0.25) is 0 Å². The fourth-order valence-corrected chi connectivity index (χ4v) is 1.90. The van der Waals surface area contributed by atoms with Gasteiger partial charge in [-0.3, -0.25) is 4.79 Å². The number of nitrogens with two attached hydrogens (primary N) is 1. The molecule has 5 nitrogen and oxygen atoms in total. The Kier molecular flexibility index (Phi) is 5.15. The molecular weight excluding hydrogens is 216 g/mol. The maximum Gasteiger partial charge on any atom is 0.240 e. The van der Waals surface area contributed by atoms with Crippen LogP contribution in [0.5, 0.6) is 0 Å². The number of nitrogens with one attached hydrogen (secondary N) is 1. The predicted molar refractivity (Wildman–Crippen MR) is 67.3 cm³/mol. The fourth-order valence-electron chi connectivity index (χ4n) is 1.90. The Morgan fingerprint density at radius 1 is 1.59 bits per heavy atom. The molecule has 0 bridgehead atoms. The Hall–Kier alpha value is -1.36. The van der Waals surface area contributed by atoms with Crippen molar-refractivity contribution in [1.82, 2.24) is 14.9 Å². The summed E-state index contributed by atoms with van der Waals surface area (Å²) in [4.78, 5) is 15.6. The van der Waals surface area contributed by atoms with Gasteiger partial charge in [0.25, 0.3) is 0 Å². The van der Waals surface area contributed by atoms with Gasteiger partial charge < -0.3 is 15.6 Å². The molecule has 17 heavy (non-hydrogen) atoms. The van der Waals surface area contributed by atoms with Gasteiger partial charge in [-0.1, -0.05) is 20.8 Å². The second-order valence-corrected chi connectivity index (χ2v) is 4.56. The Morgan fingerprint density at radius 3 is 2.82 bits per heavy atom. The molecule has 0 aliphatic rings. The second kappa shape index (κ2) is 6.39. The highest BCUT2D eigenvalue weighted by molar-refractivity contribution is 5.78. The molecule has 1 aromatic heterocycles. The summed E-state index contributed by atoms with van der Waals surface area (Å²) in [6, 6.07) is -0.323. The van der Waals surface area contributed by atoms with Crippen LogP contribution in [0.25, 0.3) is 0 Å². The number of carbonyl (C=O) groups excluding carboxylic acids is 1. The first kappa shape index (κ1) is 13.7. The summed E-state index contributed by atoms with van der Waals surface area (Å²) in [5.41, 5.74) is 6.44. The zero-order valence-electron chi connectivity index (χ0n) is 10.8.